The van der Waals surface area contributed by atoms with Gasteiger partial charge in [-0.15, -0.1) is 10.2 Å². The Labute approximate surface area is 193 Å². The minimum Gasteiger partial charge on any atom is -0.378 e. The summed E-state index contributed by atoms with van der Waals surface area (Å²) in [6.07, 6.45) is 0. The molecule has 170 valence electrons. The third-order valence-corrected chi connectivity index (χ3v) is 6.51. The van der Waals surface area contributed by atoms with Crippen molar-refractivity contribution in [2.24, 2.45) is 5.92 Å². The number of hydrogen-bond acceptors (Lipinski definition) is 6. The summed E-state index contributed by atoms with van der Waals surface area (Å²) < 4.78 is 7.61. The molecule has 1 saturated heterocycles. The molecule has 0 radical (unpaired) electrons. The van der Waals surface area contributed by atoms with Gasteiger partial charge in [-0.1, -0.05) is 68.1 Å². The maximum absolute atomic E-state index is 12.8. The van der Waals surface area contributed by atoms with E-state index in [2.05, 4.69) is 63.1 Å². The lowest BCUT2D eigenvalue weighted by Gasteiger charge is -2.28. The zero-order valence-electron chi connectivity index (χ0n) is 19.0. The summed E-state index contributed by atoms with van der Waals surface area (Å²) in [5.41, 5.74) is 1.12. The van der Waals surface area contributed by atoms with Crippen LogP contribution in [0.2, 0.25) is 0 Å². The van der Waals surface area contributed by atoms with Gasteiger partial charge in [0.15, 0.2) is 5.16 Å². The molecule has 1 N–H and O–H groups in total. The number of ether oxygens (including phenoxy) is 1. The first kappa shape index (κ1) is 22.6. The average Bonchev–Trinajstić information content (AvgIpc) is 3.19. The minimum atomic E-state index is -0.0772. The molecule has 2 heterocycles. The first-order valence-electron chi connectivity index (χ1n) is 11.2. The van der Waals surface area contributed by atoms with Crippen molar-refractivity contribution in [2.75, 3.05) is 37.0 Å². The van der Waals surface area contributed by atoms with Crippen LogP contribution in [-0.2, 0) is 16.1 Å². The zero-order valence-corrected chi connectivity index (χ0v) is 19.8. The Bertz CT molecular complexity index is 1060. The molecule has 1 aromatic heterocycles. The first-order valence-corrected chi connectivity index (χ1v) is 12.2. The summed E-state index contributed by atoms with van der Waals surface area (Å²) in [7, 11) is 0. The number of nitrogens with zero attached hydrogens (tertiary/aromatic N) is 4. The topological polar surface area (TPSA) is 72.3 Å². The van der Waals surface area contributed by atoms with Crippen LogP contribution in [0.5, 0.6) is 0 Å². The van der Waals surface area contributed by atoms with Crippen LogP contribution >= 0.6 is 11.8 Å². The van der Waals surface area contributed by atoms with E-state index in [1.807, 2.05) is 25.1 Å². The van der Waals surface area contributed by atoms with Gasteiger partial charge >= 0.3 is 0 Å². The molecule has 4 rings (SSSR count). The predicted molar refractivity (Wildman–Crippen MR) is 129 cm³/mol. The summed E-state index contributed by atoms with van der Waals surface area (Å²) in [5.74, 6) is 1.61. The lowest BCUT2D eigenvalue weighted by atomic mass is 10.00. The summed E-state index contributed by atoms with van der Waals surface area (Å²) in [5, 5.41) is 15.1. The Morgan fingerprint density at radius 3 is 2.62 bits per heavy atom. The van der Waals surface area contributed by atoms with Gasteiger partial charge in [0.25, 0.3) is 0 Å². The van der Waals surface area contributed by atoms with Crippen molar-refractivity contribution in [1.82, 2.24) is 20.1 Å². The monoisotopic (exact) mass is 453 g/mol. The molecular weight excluding hydrogens is 422 g/mol. The molecule has 0 aliphatic carbocycles. The highest BCUT2D eigenvalue weighted by Crippen LogP contribution is 2.26. The zero-order chi connectivity index (χ0) is 22.5. The first-order chi connectivity index (χ1) is 15.5. The maximum atomic E-state index is 12.8. The van der Waals surface area contributed by atoms with Crippen molar-refractivity contribution >= 4 is 34.4 Å². The average molecular weight is 454 g/mol. The highest BCUT2D eigenvalue weighted by Gasteiger charge is 2.22. The number of aromatic nitrogens is 3. The van der Waals surface area contributed by atoms with E-state index < -0.39 is 0 Å². The molecule has 1 fully saturated rings. The van der Waals surface area contributed by atoms with E-state index in [4.69, 9.17) is 4.74 Å². The third-order valence-electron chi connectivity index (χ3n) is 5.54. The smallest absolute Gasteiger partial charge is 0.230 e. The molecule has 3 aromatic rings. The molecule has 1 amide bonds. The number of carbonyl (C=O) groups excluding carboxylic acids is 1. The Morgan fingerprint density at radius 2 is 1.84 bits per heavy atom. The van der Waals surface area contributed by atoms with E-state index >= 15 is 0 Å². The largest absolute Gasteiger partial charge is 0.378 e. The fourth-order valence-electron chi connectivity index (χ4n) is 4.03. The Kier molecular flexibility index (Phi) is 7.32. The van der Waals surface area contributed by atoms with Gasteiger partial charge in [-0.3, -0.25) is 9.36 Å². The molecule has 0 saturated carbocycles. The lowest BCUT2D eigenvalue weighted by Crippen LogP contribution is -2.38. The van der Waals surface area contributed by atoms with E-state index in [1.165, 1.54) is 22.5 Å². The van der Waals surface area contributed by atoms with E-state index in [9.17, 15) is 4.79 Å². The molecule has 1 aliphatic heterocycles. The van der Waals surface area contributed by atoms with Gasteiger partial charge in [-0.05, 0) is 29.2 Å². The van der Waals surface area contributed by atoms with E-state index in [0.717, 1.165) is 36.3 Å². The Balaban J connectivity index is 1.42. The maximum Gasteiger partial charge on any atom is 0.230 e. The van der Waals surface area contributed by atoms with Crippen molar-refractivity contribution in [3.63, 3.8) is 0 Å². The highest BCUT2D eigenvalue weighted by atomic mass is 32.2. The number of nitrogens with one attached hydrogen (secondary N) is 1. The number of benzene rings is 2. The van der Waals surface area contributed by atoms with Crippen LogP contribution < -0.4 is 10.2 Å². The standard InChI is InChI=1S/C24H31N5O2S/c1-17(2)15-29-23(28-11-13-31-14-12-28)26-27-24(29)32-16-22(30)25-18(3)20-10-6-8-19-7-4-5-9-21(19)20/h4-10,17-18H,11-16H2,1-3H3,(H,25,30). The fraction of sp³-hybridized carbons (Fsp3) is 0.458. The summed E-state index contributed by atoms with van der Waals surface area (Å²) >= 11 is 1.44. The van der Waals surface area contributed by atoms with Gasteiger partial charge in [0, 0.05) is 19.6 Å². The molecule has 1 aliphatic rings. The number of carbonyl (C=O) groups is 1. The second-order valence-corrected chi connectivity index (χ2v) is 9.48. The number of anilines is 1. The molecule has 0 spiro atoms. The highest BCUT2D eigenvalue weighted by molar-refractivity contribution is 7.99. The van der Waals surface area contributed by atoms with Crippen LogP contribution in [0, 0.1) is 5.92 Å². The Morgan fingerprint density at radius 1 is 1.09 bits per heavy atom. The Hall–Kier alpha value is -2.58. The van der Waals surface area contributed by atoms with Crippen molar-refractivity contribution in [1.29, 1.82) is 0 Å². The summed E-state index contributed by atoms with van der Waals surface area (Å²) in [6.45, 7) is 10.2. The van der Waals surface area contributed by atoms with Crippen LogP contribution in [0.3, 0.4) is 0 Å². The van der Waals surface area contributed by atoms with Crippen LogP contribution in [0.15, 0.2) is 47.6 Å². The minimum absolute atomic E-state index is 0.0116. The molecule has 2 aromatic carbocycles. The summed E-state index contributed by atoms with van der Waals surface area (Å²) in [4.78, 5) is 15.0. The molecule has 8 heteroatoms. The van der Waals surface area contributed by atoms with Gasteiger partial charge in [0.2, 0.25) is 11.9 Å². The third kappa shape index (κ3) is 5.24. The van der Waals surface area contributed by atoms with Crippen molar-refractivity contribution in [3.8, 4) is 0 Å². The molecule has 0 bridgehead atoms. The van der Waals surface area contributed by atoms with Crippen molar-refractivity contribution < 1.29 is 9.53 Å². The number of morpholine rings is 1. The van der Waals surface area contributed by atoms with Gasteiger partial charge in [-0.2, -0.15) is 0 Å². The number of amides is 1. The molecule has 1 unspecified atom stereocenters. The molecular formula is C24H31N5O2S. The van der Waals surface area contributed by atoms with E-state index in [-0.39, 0.29) is 11.9 Å². The van der Waals surface area contributed by atoms with E-state index in [0.29, 0.717) is 24.9 Å². The van der Waals surface area contributed by atoms with Crippen LogP contribution in [-0.4, -0.2) is 52.7 Å². The molecule has 1 atom stereocenters. The lowest BCUT2D eigenvalue weighted by molar-refractivity contribution is -0.119. The second-order valence-electron chi connectivity index (χ2n) is 8.53. The van der Waals surface area contributed by atoms with Crippen LogP contribution in [0.4, 0.5) is 5.95 Å². The number of rotatable bonds is 8. The fourth-order valence-corrected chi connectivity index (χ4v) is 4.78. The molecule has 32 heavy (non-hydrogen) atoms. The SMILES string of the molecule is CC(C)Cn1c(SCC(=O)NC(C)c2cccc3ccccc23)nnc1N1CCOCC1. The predicted octanol–water partition coefficient (Wildman–Crippen LogP) is 3.89. The number of thioether (sulfide) groups is 1. The van der Waals surface area contributed by atoms with Gasteiger partial charge in [-0.25, -0.2) is 0 Å². The quantitative estimate of drug-likeness (QED) is 0.522. The van der Waals surface area contributed by atoms with Crippen LogP contribution in [0.25, 0.3) is 10.8 Å². The summed E-state index contributed by atoms with van der Waals surface area (Å²) in [6, 6.07) is 14.4. The second kappa shape index (κ2) is 10.4. The van der Waals surface area contributed by atoms with Gasteiger partial charge < -0.3 is 15.0 Å². The van der Waals surface area contributed by atoms with E-state index in [1.54, 1.807) is 0 Å². The van der Waals surface area contributed by atoms with Crippen molar-refractivity contribution in [2.45, 2.75) is 38.5 Å². The molecule has 7 nitrogen and oxygen atoms in total. The number of hydrogen-bond donors (Lipinski definition) is 1. The number of fused-ring (bicyclic) bond motifs is 1. The van der Waals surface area contributed by atoms with Crippen LogP contribution in [0.1, 0.15) is 32.4 Å². The van der Waals surface area contributed by atoms with Crippen molar-refractivity contribution in [3.05, 3.63) is 48.0 Å². The van der Waals surface area contributed by atoms with Gasteiger partial charge in [0.05, 0.1) is 25.0 Å². The normalized spacial score (nSPS) is 15.3. The van der Waals surface area contributed by atoms with Gasteiger partial charge in [0.1, 0.15) is 0 Å².